The lowest BCUT2D eigenvalue weighted by molar-refractivity contribution is 0.475. The summed E-state index contributed by atoms with van der Waals surface area (Å²) < 4.78 is -0.750. The molecular formula is C7H6Cl4O. The SMILES string of the molecule is ClC(Cl)Cl.Oc1ccccc1Cl. The van der Waals surface area contributed by atoms with Crippen molar-refractivity contribution >= 4 is 46.4 Å². The summed E-state index contributed by atoms with van der Waals surface area (Å²) in [6.07, 6.45) is 0. The molecule has 0 bridgehead atoms. The summed E-state index contributed by atoms with van der Waals surface area (Å²) in [5, 5.41) is 9.18. The van der Waals surface area contributed by atoms with Crippen molar-refractivity contribution in [3.8, 4) is 5.75 Å². The van der Waals surface area contributed by atoms with E-state index in [2.05, 4.69) is 0 Å². The summed E-state index contributed by atoms with van der Waals surface area (Å²) in [6, 6.07) is 6.67. The molecule has 1 aromatic rings. The van der Waals surface area contributed by atoms with E-state index in [0.717, 1.165) is 0 Å². The van der Waals surface area contributed by atoms with Crippen molar-refractivity contribution in [3.63, 3.8) is 0 Å². The molecule has 0 atom stereocenters. The van der Waals surface area contributed by atoms with Crippen molar-refractivity contribution in [2.45, 2.75) is 4.30 Å². The first-order valence-corrected chi connectivity index (χ1v) is 4.58. The first-order chi connectivity index (χ1) is 5.54. The van der Waals surface area contributed by atoms with Crippen molar-refractivity contribution in [2.24, 2.45) is 0 Å². The minimum Gasteiger partial charge on any atom is -0.506 e. The highest BCUT2D eigenvalue weighted by Crippen LogP contribution is 2.20. The molecule has 0 radical (unpaired) electrons. The van der Waals surface area contributed by atoms with Crippen LogP contribution < -0.4 is 0 Å². The van der Waals surface area contributed by atoms with Crippen molar-refractivity contribution in [1.82, 2.24) is 0 Å². The van der Waals surface area contributed by atoms with Crippen LogP contribution in [-0.2, 0) is 0 Å². The van der Waals surface area contributed by atoms with E-state index >= 15 is 0 Å². The molecule has 0 spiro atoms. The topological polar surface area (TPSA) is 20.2 Å². The van der Waals surface area contributed by atoms with Crippen LogP contribution in [0.25, 0.3) is 0 Å². The predicted octanol–water partition coefficient (Wildman–Crippen LogP) is 4.03. The molecule has 0 aliphatic rings. The lowest BCUT2D eigenvalue weighted by Crippen LogP contribution is -1.62. The first kappa shape index (κ1) is 12.2. The molecule has 0 saturated carbocycles. The molecule has 1 N–H and O–H groups in total. The Morgan fingerprint density at radius 1 is 1.08 bits per heavy atom. The zero-order valence-corrected chi connectivity index (χ0v) is 8.87. The number of phenolic OH excluding ortho intramolecular Hbond substituents is 1. The molecule has 0 fully saturated rings. The van der Waals surface area contributed by atoms with E-state index in [4.69, 9.17) is 51.5 Å². The van der Waals surface area contributed by atoms with Gasteiger partial charge in [-0.15, -0.1) is 0 Å². The smallest absolute Gasteiger partial charge is 0.180 e. The van der Waals surface area contributed by atoms with Crippen molar-refractivity contribution in [3.05, 3.63) is 29.3 Å². The molecule has 1 rings (SSSR count). The molecule has 68 valence electrons. The number of phenols is 1. The summed E-state index contributed by atoms with van der Waals surface area (Å²) in [7, 11) is 0. The van der Waals surface area contributed by atoms with Gasteiger partial charge in [0.05, 0.1) is 5.02 Å². The van der Waals surface area contributed by atoms with Gasteiger partial charge in [-0.25, -0.2) is 0 Å². The number of para-hydroxylation sites is 1. The lowest BCUT2D eigenvalue weighted by atomic mass is 10.3. The Balaban J connectivity index is 0.000000261. The second kappa shape index (κ2) is 6.67. The molecule has 0 unspecified atom stereocenters. The predicted molar refractivity (Wildman–Crippen MR) is 54.5 cm³/mol. The number of benzene rings is 1. The maximum absolute atomic E-state index is 8.79. The van der Waals surface area contributed by atoms with Crippen LogP contribution in [-0.4, -0.2) is 9.40 Å². The first-order valence-electron chi connectivity index (χ1n) is 2.89. The van der Waals surface area contributed by atoms with Crippen molar-refractivity contribution in [2.75, 3.05) is 0 Å². The summed E-state index contributed by atoms with van der Waals surface area (Å²) in [4.78, 5) is 0. The van der Waals surface area contributed by atoms with E-state index in [1.54, 1.807) is 24.3 Å². The third-order valence-electron chi connectivity index (χ3n) is 0.852. The van der Waals surface area contributed by atoms with Crippen LogP contribution in [0.15, 0.2) is 24.3 Å². The Bertz CT molecular complexity index is 203. The number of hydrogen-bond donors (Lipinski definition) is 1. The summed E-state index contributed by atoms with van der Waals surface area (Å²) in [5.41, 5.74) is 0. The highest BCUT2D eigenvalue weighted by molar-refractivity contribution is 6.63. The Morgan fingerprint density at radius 2 is 1.50 bits per heavy atom. The van der Waals surface area contributed by atoms with E-state index in [0.29, 0.717) is 5.02 Å². The summed E-state index contributed by atoms with van der Waals surface area (Å²) >= 11 is 19.9. The zero-order valence-electron chi connectivity index (χ0n) is 5.85. The fraction of sp³-hybridized carbons (Fsp3) is 0.143. The lowest BCUT2D eigenvalue weighted by Gasteiger charge is -1.89. The molecule has 0 aliphatic carbocycles. The highest BCUT2D eigenvalue weighted by atomic mass is 35.6. The standard InChI is InChI=1S/C6H5ClO.CHCl3/c7-5-3-1-2-4-6(5)8;2-1(3)4/h1-4,8H;1H. The average Bonchev–Trinajstić information content (AvgIpc) is 1.94. The Morgan fingerprint density at radius 3 is 1.75 bits per heavy atom. The van der Waals surface area contributed by atoms with Gasteiger partial charge in [-0.3, -0.25) is 0 Å². The zero-order chi connectivity index (χ0) is 9.56. The van der Waals surface area contributed by atoms with Gasteiger partial charge in [-0.05, 0) is 12.1 Å². The molecule has 0 aliphatic heterocycles. The van der Waals surface area contributed by atoms with Crippen LogP contribution in [0.1, 0.15) is 0 Å². The Labute approximate surface area is 90.8 Å². The quantitative estimate of drug-likeness (QED) is 0.687. The van der Waals surface area contributed by atoms with Gasteiger partial charge in [0.25, 0.3) is 0 Å². The molecular weight excluding hydrogens is 242 g/mol. The van der Waals surface area contributed by atoms with Gasteiger partial charge in [-0.1, -0.05) is 58.5 Å². The van der Waals surface area contributed by atoms with E-state index in [1.165, 1.54) is 0 Å². The molecule has 0 aromatic heterocycles. The van der Waals surface area contributed by atoms with Crippen molar-refractivity contribution < 1.29 is 5.11 Å². The number of aromatic hydroxyl groups is 1. The van der Waals surface area contributed by atoms with Gasteiger partial charge in [0.2, 0.25) is 0 Å². The van der Waals surface area contributed by atoms with Crippen LogP contribution in [0.2, 0.25) is 5.02 Å². The van der Waals surface area contributed by atoms with Gasteiger partial charge >= 0.3 is 0 Å². The average molecular weight is 248 g/mol. The van der Waals surface area contributed by atoms with Gasteiger partial charge in [0.15, 0.2) is 4.30 Å². The molecule has 12 heavy (non-hydrogen) atoms. The van der Waals surface area contributed by atoms with Gasteiger partial charge < -0.3 is 5.11 Å². The monoisotopic (exact) mass is 246 g/mol. The molecule has 0 heterocycles. The van der Waals surface area contributed by atoms with Crippen LogP contribution in [0.5, 0.6) is 5.75 Å². The highest BCUT2D eigenvalue weighted by Gasteiger charge is 1.89. The third-order valence-corrected chi connectivity index (χ3v) is 1.17. The number of hydrogen-bond acceptors (Lipinski definition) is 1. The van der Waals surface area contributed by atoms with E-state index in [-0.39, 0.29) is 5.75 Å². The fourth-order valence-electron chi connectivity index (χ4n) is 0.452. The second-order valence-electron chi connectivity index (χ2n) is 1.70. The van der Waals surface area contributed by atoms with Crippen LogP contribution in [0, 0.1) is 0 Å². The van der Waals surface area contributed by atoms with Crippen molar-refractivity contribution in [1.29, 1.82) is 0 Å². The maximum Gasteiger partial charge on any atom is 0.180 e. The van der Waals surface area contributed by atoms with Crippen LogP contribution in [0.4, 0.5) is 0 Å². The summed E-state index contributed by atoms with van der Waals surface area (Å²) in [6.45, 7) is 0. The third kappa shape index (κ3) is 6.86. The molecule has 1 nitrogen and oxygen atoms in total. The fourth-order valence-corrected chi connectivity index (χ4v) is 0.587. The largest absolute Gasteiger partial charge is 0.506 e. The number of halogens is 4. The Kier molecular flexibility index (Phi) is 6.77. The molecule has 5 heteroatoms. The minimum absolute atomic E-state index is 0.133. The van der Waals surface area contributed by atoms with E-state index in [1.807, 2.05) is 0 Å². The maximum atomic E-state index is 8.79. The molecule has 1 aromatic carbocycles. The molecule has 0 amide bonds. The van der Waals surface area contributed by atoms with Gasteiger partial charge in [0.1, 0.15) is 5.75 Å². The van der Waals surface area contributed by atoms with Crippen LogP contribution >= 0.6 is 46.4 Å². The summed E-state index contributed by atoms with van der Waals surface area (Å²) in [5.74, 6) is 0.133. The number of alkyl halides is 3. The van der Waals surface area contributed by atoms with E-state index in [9.17, 15) is 0 Å². The van der Waals surface area contributed by atoms with Gasteiger partial charge in [-0.2, -0.15) is 0 Å². The van der Waals surface area contributed by atoms with E-state index < -0.39 is 4.30 Å². The number of rotatable bonds is 0. The molecule has 0 saturated heterocycles. The minimum atomic E-state index is -0.750. The second-order valence-corrected chi connectivity index (χ2v) is 4.09. The van der Waals surface area contributed by atoms with Crippen LogP contribution in [0.3, 0.4) is 0 Å². The van der Waals surface area contributed by atoms with Gasteiger partial charge in [0, 0.05) is 0 Å². The normalized spacial score (nSPS) is 9.08. The Hall–Kier alpha value is 0.180.